The van der Waals surface area contributed by atoms with Gasteiger partial charge < -0.3 is 14.8 Å². The first-order valence-corrected chi connectivity index (χ1v) is 13.7. The van der Waals surface area contributed by atoms with Gasteiger partial charge in [0.1, 0.15) is 18.1 Å². The Kier molecular flexibility index (Phi) is 8.89. The van der Waals surface area contributed by atoms with Crippen LogP contribution in [0.15, 0.2) is 108 Å². The number of carbonyl (C=O) groups is 1. The highest BCUT2D eigenvalue weighted by molar-refractivity contribution is 7.92. The average molecular weight is 551 g/mol. The van der Waals surface area contributed by atoms with Crippen LogP contribution in [0.4, 0.5) is 5.69 Å². The zero-order chi connectivity index (χ0) is 27.0. The van der Waals surface area contributed by atoms with E-state index in [4.69, 9.17) is 21.1 Å². The normalized spacial score (nSPS) is 11.0. The molecule has 0 saturated carbocycles. The van der Waals surface area contributed by atoms with Crippen LogP contribution in [0.2, 0.25) is 5.02 Å². The molecule has 4 rings (SSSR count). The van der Waals surface area contributed by atoms with Crippen LogP contribution >= 0.6 is 11.6 Å². The van der Waals surface area contributed by atoms with Gasteiger partial charge in [0, 0.05) is 5.02 Å². The number of hydrogen-bond donors (Lipinski definition) is 1. The van der Waals surface area contributed by atoms with E-state index in [1.807, 2.05) is 30.3 Å². The highest BCUT2D eigenvalue weighted by Gasteiger charge is 2.28. The molecule has 0 heterocycles. The second-order valence-corrected chi connectivity index (χ2v) is 10.5. The number of amides is 1. The average Bonchev–Trinajstić information content (AvgIpc) is 2.95. The Labute approximate surface area is 227 Å². The quantitative estimate of drug-likeness (QED) is 0.247. The van der Waals surface area contributed by atoms with Gasteiger partial charge in [-0.15, -0.1) is 0 Å². The molecule has 38 heavy (non-hydrogen) atoms. The Hall–Kier alpha value is -4.01. The maximum absolute atomic E-state index is 13.9. The van der Waals surface area contributed by atoms with Crippen molar-refractivity contribution in [2.75, 3.05) is 24.6 Å². The molecule has 9 heteroatoms. The number of hydrogen-bond acceptors (Lipinski definition) is 5. The summed E-state index contributed by atoms with van der Waals surface area (Å²) in [7, 11) is -2.52. The van der Waals surface area contributed by atoms with Crippen LogP contribution in [0.5, 0.6) is 11.5 Å². The second kappa shape index (κ2) is 12.5. The predicted molar refractivity (Wildman–Crippen MR) is 149 cm³/mol. The number of methoxy groups -OCH3 is 1. The Morgan fingerprint density at radius 1 is 0.842 bits per heavy atom. The molecule has 4 aromatic carbocycles. The van der Waals surface area contributed by atoms with Gasteiger partial charge in [0.05, 0.1) is 36.3 Å². The summed E-state index contributed by atoms with van der Waals surface area (Å²) in [5.74, 6) is 0.756. The van der Waals surface area contributed by atoms with E-state index in [2.05, 4.69) is 5.32 Å². The summed E-state index contributed by atoms with van der Waals surface area (Å²) in [5.41, 5.74) is 1.27. The Morgan fingerprint density at radius 2 is 1.47 bits per heavy atom. The van der Waals surface area contributed by atoms with E-state index < -0.39 is 15.9 Å². The number of anilines is 1. The van der Waals surface area contributed by atoms with Gasteiger partial charge in [0.2, 0.25) is 0 Å². The number of benzene rings is 4. The predicted octanol–water partition coefficient (Wildman–Crippen LogP) is 5.55. The van der Waals surface area contributed by atoms with Gasteiger partial charge in [-0.2, -0.15) is 0 Å². The van der Waals surface area contributed by atoms with Crippen LogP contribution < -0.4 is 19.1 Å². The van der Waals surface area contributed by atoms with Gasteiger partial charge in [-0.25, -0.2) is 8.42 Å². The number of para-hydroxylation sites is 1. The molecule has 0 aromatic heterocycles. The molecule has 0 aliphatic rings. The van der Waals surface area contributed by atoms with Gasteiger partial charge in [0.25, 0.3) is 15.9 Å². The first-order chi connectivity index (χ1) is 18.4. The maximum Gasteiger partial charge on any atom is 0.264 e. The summed E-state index contributed by atoms with van der Waals surface area (Å²) >= 11 is 5.89. The fourth-order valence-corrected chi connectivity index (χ4v) is 5.36. The van der Waals surface area contributed by atoms with Crippen molar-refractivity contribution in [1.82, 2.24) is 5.32 Å². The summed E-state index contributed by atoms with van der Waals surface area (Å²) in [6.07, 6.45) is 0. The van der Waals surface area contributed by atoms with Crippen LogP contribution in [-0.2, 0) is 16.6 Å². The van der Waals surface area contributed by atoms with Crippen LogP contribution in [0, 0.1) is 0 Å². The minimum atomic E-state index is -4.04. The summed E-state index contributed by atoms with van der Waals surface area (Å²) < 4.78 is 39.8. The number of carbonyl (C=O) groups excluding carboxylic acids is 1. The Bertz CT molecular complexity index is 1460. The number of nitrogens with one attached hydrogen (secondary N) is 1. The van der Waals surface area contributed by atoms with E-state index in [1.165, 1.54) is 23.5 Å². The van der Waals surface area contributed by atoms with Crippen molar-refractivity contribution >= 4 is 33.2 Å². The molecular weight excluding hydrogens is 524 g/mol. The minimum absolute atomic E-state index is 0.0408. The van der Waals surface area contributed by atoms with Gasteiger partial charge in [-0.1, -0.05) is 54.1 Å². The van der Waals surface area contributed by atoms with E-state index >= 15 is 0 Å². The zero-order valence-corrected chi connectivity index (χ0v) is 22.3. The van der Waals surface area contributed by atoms with Crippen molar-refractivity contribution in [2.45, 2.75) is 11.4 Å². The highest BCUT2D eigenvalue weighted by Crippen LogP contribution is 2.30. The summed E-state index contributed by atoms with van der Waals surface area (Å²) in [4.78, 5) is 13.3. The second-order valence-electron chi connectivity index (χ2n) is 8.25. The summed E-state index contributed by atoms with van der Waals surface area (Å²) in [6, 6.07) is 28.9. The lowest BCUT2D eigenvalue weighted by atomic mass is 10.1. The standard InChI is InChI=1S/C29H27ClN2O5S/c1-36-24-15-17-26(18-16-24)38(34,35)32(21-22-7-3-2-4-8-22)28-10-6-5-9-27(28)29(33)31-19-20-37-25-13-11-23(30)12-14-25/h2-18H,19-21H2,1H3,(H,31,33). The number of ether oxygens (including phenoxy) is 2. The molecule has 4 aromatic rings. The molecule has 0 saturated heterocycles. The molecule has 0 atom stereocenters. The van der Waals surface area contributed by atoms with Crippen molar-refractivity contribution in [3.63, 3.8) is 0 Å². The molecule has 0 aliphatic heterocycles. The van der Waals surface area contributed by atoms with E-state index in [0.717, 1.165) is 5.56 Å². The third-order valence-electron chi connectivity index (χ3n) is 5.70. The topological polar surface area (TPSA) is 84.9 Å². The zero-order valence-electron chi connectivity index (χ0n) is 20.7. The van der Waals surface area contributed by atoms with Crippen molar-refractivity contribution < 1.29 is 22.7 Å². The first kappa shape index (κ1) is 27.0. The molecule has 7 nitrogen and oxygen atoms in total. The smallest absolute Gasteiger partial charge is 0.264 e. The van der Waals surface area contributed by atoms with Crippen molar-refractivity contribution in [1.29, 1.82) is 0 Å². The van der Waals surface area contributed by atoms with Crippen LogP contribution in [0.1, 0.15) is 15.9 Å². The number of rotatable bonds is 11. The molecule has 1 N–H and O–H groups in total. The highest BCUT2D eigenvalue weighted by atomic mass is 35.5. The van der Waals surface area contributed by atoms with Crippen LogP contribution in [0.25, 0.3) is 0 Å². The van der Waals surface area contributed by atoms with E-state index in [9.17, 15) is 13.2 Å². The monoisotopic (exact) mass is 550 g/mol. The molecule has 0 fully saturated rings. The lowest BCUT2D eigenvalue weighted by Gasteiger charge is -2.26. The molecule has 0 aliphatic carbocycles. The van der Waals surface area contributed by atoms with Gasteiger partial charge in [-0.05, 0) is 66.2 Å². The molecular formula is C29H27ClN2O5S. The molecule has 0 bridgehead atoms. The largest absolute Gasteiger partial charge is 0.497 e. The lowest BCUT2D eigenvalue weighted by molar-refractivity contribution is 0.0947. The lowest BCUT2D eigenvalue weighted by Crippen LogP contribution is -2.34. The molecule has 1 amide bonds. The fraction of sp³-hybridized carbons (Fsp3) is 0.138. The fourth-order valence-electron chi connectivity index (χ4n) is 3.77. The number of nitrogens with zero attached hydrogens (tertiary/aromatic N) is 1. The minimum Gasteiger partial charge on any atom is -0.497 e. The SMILES string of the molecule is COc1ccc(S(=O)(=O)N(Cc2ccccc2)c2ccccc2C(=O)NCCOc2ccc(Cl)cc2)cc1. The number of halogens is 1. The van der Waals surface area contributed by atoms with E-state index in [-0.39, 0.29) is 35.8 Å². The molecule has 0 spiro atoms. The number of sulfonamides is 1. The van der Waals surface area contributed by atoms with Gasteiger partial charge >= 0.3 is 0 Å². The van der Waals surface area contributed by atoms with Crippen molar-refractivity contribution in [3.8, 4) is 11.5 Å². The van der Waals surface area contributed by atoms with E-state index in [0.29, 0.717) is 16.5 Å². The Balaban J connectivity index is 1.59. The van der Waals surface area contributed by atoms with Crippen molar-refractivity contribution in [3.05, 3.63) is 119 Å². The Morgan fingerprint density at radius 3 is 2.16 bits per heavy atom. The third kappa shape index (κ3) is 6.65. The maximum atomic E-state index is 13.9. The summed E-state index contributed by atoms with van der Waals surface area (Å²) in [6.45, 7) is 0.492. The third-order valence-corrected chi connectivity index (χ3v) is 7.73. The van der Waals surface area contributed by atoms with Crippen LogP contribution in [-0.4, -0.2) is 34.6 Å². The van der Waals surface area contributed by atoms with Gasteiger partial charge in [0.15, 0.2) is 0 Å². The van der Waals surface area contributed by atoms with Crippen LogP contribution in [0.3, 0.4) is 0 Å². The first-order valence-electron chi connectivity index (χ1n) is 11.8. The summed E-state index contributed by atoms with van der Waals surface area (Å²) in [5, 5.41) is 3.42. The molecule has 0 radical (unpaired) electrons. The van der Waals surface area contributed by atoms with Gasteiger partial charge in [-0.3, -0.25) is 9.10 Å². The van der Waals surface area contributed by atoms with Crippen molar-refractivity contribution in [2.24, 2.45) is 0 Å². The molecule has 196 valence electrons. The molecule has 0 unspecified atom stereocenters. The van der Waals surface area contributed by atoms with E-state index in [1.54, 1.807) is 60.7 Å².